The van der Waals surface area contributed by atoms with Crippen LogP contribution in [0.2, 0.25) is 18.1 Å². The molecule has 0 aliphatic rings. The summed E-state index contributed by atoms with van der Waals surface area (Å²) >= 11 is 0. The van der Waals surface area contributed by atoms with Crippen molar-refractivity contribution in [3.8, 4) is 6.07 Å². The van der Waals surface area contributed by atoms with E-state index in [2.05, 4.69) is 57.2 Å². The van der Waals surface area contributed by atoms with Gasteiger partial charge in [0.2, 0.25) is 0 Å². The van der Waals surface area contributed by atoms with Crippen LogP contribution in [0.4, 0.5) is 0 Å². The molecule has 1 aromatic heterocycles. The Morgan fingerprint density at radius 3 is 2.26 bits per heavy atom. The minimum absolute atomic E-state index is 0.724. The zero-order chi connectivity index (χ0) is 16.4. The lowest BCUT2D eigenvalue weighted by atomic mass is 10.0. The van der Waals surface area contributed by atoms with E-state index in [1.54, 1.807) is 0 Å². The summed E-state index contributed by atoms with van der Waals surface area (Å²) < 4.78 is 0. The Morgan fingerprint density at radius 1 is 0.913 bits per heavy atom. The highest BCUT2D eigenvalue weighted by atomic mass is 28.3. The van der Waals surface area contributed by atoms with Crippen LogP contribution in [0, 0.1) is 11.3 Å². The normalized spacial score (nSPS) is 11.7. The first-order chi connectivity index (χ1) is 11.2. The zero-order valence-electron chi connectivity index (χ0n) is 14.1. The summed E-state index contributed by atoms with van der Waals surface area (Å²) in [5.41, 5.74) is 1.80. The van der Waals surface area contributed by atoms with E-state index in [0.717, 1.165) is 11.1 Å². The van der Waals surface area contributed by atoms with Gasteiger partial charge in [-0.1, -0.05) is 63.2 Å². The summed E-state index contributed by atoms with van der Waals surface area (Å²) in [5.74, 6) is 0. The van der Waals surface area contributed by atoms with Gasteiger partial charge in [-0.05, 0) is 23.6 Å². The third-order valence-corrected chi connectivity index (χ3v) is 10.8. The smallest absolute Gasteiger partial charge is 0.110 e. The van der Waals surface area contributed by atoms with Crippen LogP contribution in [0.15, 0.2) is 42.5 Å². The zero-order valence-corrected chi connectivity index (χ0v) is 15.1. The molecule has 0 aliphatic heterocycles. The van der Waals surface area contributed by atoms with Gasteiger partial charge in [-0.15, -0.1) is 0 Å². The van der Waals surface area contributed by atoms with Gasteiger partial charge >= 0.3 is 0 Å². The molecule has 0 saturated carbocycles. The molecule has 3 rings (SSSR count). The summed E-state index contributed by atoms with van der Waals surface area (Å²) in [6, 6.07) is 20.3. The minimum atomic E-state index is -1.63. The van der Waals surface area contributed by atoms with Crippen molar-refractivity contribution in [1.82, 2.24) is 4.98 Å². The first kappa shape index (κ1) is 15.7. The molecule has 0 radical (unpaired) electrons. The Hall–Kier alpha value is -2.18. The average molecular weight is 318 g/mol. The molecule has 0 N–H and O–H groups in total. The van der Waals surface area contributed by atoms with Gasteiger partial charge in [0.25, 0.3) is 0 Å². The lowest BCUT2D eigenvalue weighted by Crippen LogP contribution is -2.48. The van der Waals surface area contributed by atoms with Crippen molar-refractivity contribution in [2.24, 2.45) is 0 Å². The fraction of sp³-hybridized carbons (Fsp3) is 0.300. The highest BCUT2D eigenvalue weighted by Gasteiger charge is 2.33. The minimum Gasteiger partial charge on any atom is -0.257 e. The molecule has 116 valence electrons. The van der Waals surface area contributed by atoms with E-state index in [0.29, 0.717) is 0 Å². The predicted molar refractivity (Wildman–Crippen MR) is 101 cm³/mol. The molecule has 1 heterocycles. The third kappa shape index (κ3) is 2.44. The topological polar surface area (TPSA) is 36.7 Å². The molecule has 0 aliphatic carbocycles. The number of hydrogen-bond acceptors (Lipinski definition) is 2. The molecular formula is C20H22N2Si. The van der Waals surface area contributed by atoms with E-state index in [-0.39, 0.29) is 0 Å². The van der Waals surface area contributed by atoms with E-state index < -0.39 is 8.07 Å². The quantitative estimate of drug-likeness (QED) is 0.503. The maximum atomic E-state index is 9.32. The molecule has 3 heteroatoms. The molecule has 0 saturated heterocycles. The summed E-state index contributed by atoms with van der Waals surface area (Å²) in [7, 11) is -1.63. The molecule has 2 nitrogen and oxygen atoms in total. The summed E-state index contributed by atoms with van der Waals surface area (Å²) in [5, 5.41) is 14.2. The van der Waals surface area contributed by atoms with Crippen LogP contribution in [0.25, 0.3) is 21.7 Å². The Labute approximate surface area is 138 Å². The number of nitrogens with zero attached hydrogens (tertiary/aromatic N) is 2. The van der Waals surface area contributed by atoms with Crippen LogP contribution in [-0.4, -0.2) is 13.1 Å². The van der Waals surface area contributed by atoms with Crippen molar-refractivity contribution in [3.05, 3.63) is 48.0 Å². The van der Waals surface area contributed by atoms with Gasteiger partial charge in [-0.25, -0.2) is 0 Å². The molecule has 3 aromatic rings. The van der Waals surface area contributed by atoms with Gasteiger partial charge in [-0.3, -0.25) is 4.98 Å². The Kier molecular flexibility index (Phi) is 4.19. The van der Waals surface area contributed by atoms with Gasteiger partial charge in [0.05, 0.1) is 17.1 Å². The molecule has 2 aromatic carbocycles. The van der Waals surface area contributed by atoms with Crippen molar-refractivity contribution < 1.29 is 0 Å². The number of para-hydroxylation sites is 1. The number of benzene rings is 2. The standard InChI is InChI=1S/C20H22N2Si/c1-4-23(5-2,6-3)20-18-13-15(14-21)11-12-16(18)17-9-7-8-10-19(17)22-20/h7-13H,4-6H2,1-3H3. The predicted octanol–water partition coefficient (Wildman–Crippen LogP) is 4.98. The van der Waals surface area contributed by atoms with Crippen molar-refractivity contribution >= 4 is 35.1 Å². The van der Waals surface area contributed by atoms with Gasteiger partial charge in [-0.2, -0.15) is 5.26 Å². The molecule has 0 amide bonds. The first-order valence-corrected chi connectivity index (χ1v) is 11.0. The molecule has 0 atom stereocenters. The fourth-order valence-electron chi connectivity index (χ4n) is 3.68. The van der Waals surface area contributed by atoms with Crippen molar-refractivity contribution in [2.75, 3.05) is 0 Å². The first-order valence-electron chi connectivity index (χ1n) is 8.42. The second-order valence-corrected chi connectivity index (χ2v) is 11.3. The Morgan fingerprint density at radius 2 is 1.61 bits per heavy atom. The molecule has 23 heavy (non-hydrogen) atoms. The number of fused-ring (bicyclic) bond motifs is 3. The SMILES string of the molecule is CC[Si](CC)(CC)c1nc2ccccc2c2ccc(C#N)cc12. The van der Waals surface area contributed by atoms with Gasteiger partial charge in [0.1, 0.15) is 8.07 Å². The molecule has 0 fully saturated rings. The summed E-state index contributed by atoms with van der Waals surface area (Å²) in [4.78, 5) is 5.12. The summed E-state index contributed by atoms with van der Waals surface area (Å²) in [6.45, 7) is 6.90. The molecular weight excluding hydrogens is 296 g/mol. The van der Waals surface area contributed by atoms with E-state index in [1.165, 1.54) is 39.6 Å². The second-order valence-electron chi connectivity index (χ2n) is 6.19. The maximum absolute atomic E-state index is 9.32. The lowest BCUT2D eigenvalue weighted by Gasteiger charge is -2.29. The lowest BCUT2D eigenvalue weighted by molar-refractivity contribution is 1.18. The van der Waals surface area contributed by atoms with E-state index in [9.17, 15) is 5.26 Å². The number of hydrogen-bond donors (Lipinski definition) is 0. The van der Waals surface area contributed by atoms with Crippen molar-refractivity contribution in [2.45, 2.75) is 38.9 Å². The molecule has 0 spiro atoms. The summed E-state index contributed by atoms with van der Waals surface area (Å²) in [6.07, 6.45) is 0. The van der Waals surface area contributed by atoms with Crippen LogP contribution in [0.5, 0.6) is 0 Å². The van der Waals surface area contributed by atoms with Crippen LogP contribution >= 0.6 is 0 Å². The van der Waals surface area contributed by atoms with E-state index in [1.807, 2.05) is 12.1 Å². The fourth-order valence-corrected chi connectivity index (χ4v) is 7.32. The third-order valence-electron chi connectivity index (χ3n) is 5.36. The Balaban J connectivity index is 2.49. The number of aromatic nitrogens is 1. The molecule has 0 unspecified atom stereocenters. The van der Waals surface area contributed by atoms with Crippen LogP contribution < -0.4 is 5.32 Å². The van der Waals surface area contributed by atoms with E-state index in [4.69, 9.17) is 4.98 Å². The maximum Gasteiger partial charge on any atom is 0.110 e. The highest BCUT2D eigenvalue weighted by Crippen LogP contribution is 2.28. The van der Waals surface area contributed by atoms with Gasteiger partial charge in [0.15, 0.2) is 0 Å². The van der Waals surface area contributed by atoms with Gasteiger partial charge < -0.3 is 0 Å². The van der Waals surface area contributed by atoms with E-state index >= 15 is 0 Å². The van der Waals surface area contributed by atoms with Crippen molar-refractivity contribution in [3.63, 3.8) is 0 Å². The van der Waals surface area contributed by atoms with Crippen molar-refractivity contribution in [1.29, 1.82) is 5.26 Å². The number of nitriles is 1. The van der Waals surface area contributed by atoms with Crippen LogP contribution in [0.1, 0.15) is 26.3 Å². The average Bonchev–Trinajstić information content (AvgIpc) is 2.63. The Bertz CT molecular complexity index is 896. The second kappa shape index (κ2) is 6.14. The van der Waals surface area contributed by atoms with Crippen LogP contribution in [0.3, 0.4) is 0 Å². The largest absolute Gasteiger partial charge is 0.257 e. The monoisotopic (exact) mass is 318 g/mol. The number of pyridine rings is 1. The number of rotatable bonds is 4. The van der Waals surface area contributed by atoms with Gasteiger partial charge in [0, 0.05) is 16.1 Å². The van der Waals surface area contributed by atoms with Crippen LogP contribution in [-0.2, 0) is 0 Å². The molecule has 0 bridgehead atoms. The highest BCUT2D eigenvalue weighted by molar-refractivity contribution is 6.92.